The van der Waals surface area contributed by atoms with Crippen LogP contribution >= 0.6 is 0 Å². The second-order valence-electron chi connectivity index (χ2n) is 7.01. The van der Waals surface area contributed by atoms with Gasteiger partial charge in [-0.15, -0.1) is 0 Å². The number of urea groups is 1. The maximum Gasteiger partial charge on any atom is 0.321 e. The average Bonchev–Trinajstić information content (AvgIpc) is 2.76. The highest BCUT2D eigenvalue weighted by atomic mass is 16.5. The number of amides is 4. The van der Waals surface area contributed by atoms with Crippen molar-refractivity contribution in [1.82, 2.24) is 15.5 Å². The van der Waals surface area contributed by atoms with Gasteiger partial charge in [-0.1, -0.05) is 31.5 Å². The zero-order valence-corrected chi connectivity index (χ0v) is 17.6. The predicted molar refractivity (Wildman–Crippen MR) is 109 cm³/mol. The van der Waals surface area contributed by atoms with Gasteiger partial charge in [-0.2, -0.15) is 0 Å². The molecule has 2 rings (SSSR count). The van der Waals surface area contributed by atoms with Crippen LogP contribution in [-0.2, 0) is 19.1 Å². The summed E-state index contributed by atoms with van der Waals surface area (Å²) in [6.07, 6.45) is 2.23. The molecule has 0 bridgehead atoms. The zero-order chi connectivity index (χ0) is 22.1. The van der Waals surface area contributed by atoms with Crippen LogP contribution in [0.4, 0.5) is 4.79 Å². The van der Waals surface area contributed by atoms with Crippen LogP contribution in [0.25, 0.3) is 0 Å². The second kappa shape index (κ2) is 11.2. The molecule has 0 aromatic heterocycles. The summed E-state index contributed by atoms with van der Waals surface area (Å²) in [5, 5.41) is 4.29. The van der Waals surface area contributed by atoms with Crippen LogP contribution in [0.3, 0.4) is 0 Å². The molecule has 2 N–H and O–H groups in total. The minimum Gasteiger partial charge on any atom is -0.496 e. The van der Waals surface area contributed by atoms with Gasteiger partial charge in [0.2, 0.25) is 5.91 Å². The quantitative estimate of drug-likeness (QED) is 0.621. The third-order valence-corrected chi connectivity index (χ3v) is 5.04. The molecule has 4 amide bonds. The maximum atomic E-state index is 12.9. The van der Waals surface area contributed by atoms with Crippen LogP contribution in [0.5, 0.6) is 5.75 Å². The molecule has 1 aliphatic rings. The molecule has 0 unspecified atom stereocenters. The van der Waals surface area contributed by atoms with E-state index < -0.39 is 36.5 Å². The fraction of sp³-hybridized carbons (Fsp3) is 0.524. The van der Waals surface area contributed by atoms with Crippen molar-refractivity contribution in [3.8, 4) is 5.75 Å². The number of para-hydroxylation sites is 1. The Morgan fingerprint density at radius 1 is 1.23 bits per heavy atom. The van der Waals surface area contributed by atoms with Crippen LogP contribution in [0.15, 0.2) is 24.3 Å². The Labute approximate surface area is 176 Å². The molecular formula is C21H29N3O6. The van der Waals surface area contributed by atoms with E-state index in [2.05, 4.69) is 5.32 Å². The molecule has 9 heteroatoms. The lowest BCUT2D eigenvalue weighted by Gasteiger charge is -2.40. The highest BCUT2D eigenvalue weighted by molar-refractivity contribution is 5.95. The van der Waals surface area contributed by atoms with Gasteiger partial charge in [0.05, 0.1) is 19.1 Å². The monoisotopic (exact) mass is 419 g/mol. The van der Waals surface area contributed by atoms with E-state index in [1.54, 1.807) is 11.0 Å². The Balaban J connectivity index is 2.26. The van der Waals surface area contributed by atoms with Gasteiger partial charge in [-0.05, 0) is 18.9 Å². The van der Waals surface area contributed by atoms with E-state index in [4.69, 9.17) is 9.47 Å². The van der Waals surface area contributed by atoms with Gasteiger partial charge in [0.25, 0.3) is 5.91 Å². The number of ether oxygens (including phenoxy) is 2. The summed E-state index contributed by atoms with van der Waals surface area (Å²) in [4.78, 5) is 50.3. The number of nitrogens with one attached hydrogen (secondary N) is 2. The van der Waals surface area contributed by atoms with E-state index in [1.165, 1.54) is 14.2 Å². The van der Waals surface area contributed by atoms with Crippen molar-refractivity contribution in [1.29, 1.82) is 0 Å². The van der Waals surface area contributed by atoms with Gasteiger partial charge in [-0.3, -0.25) is 19.7 Å². The van der Waals surface area contributed by atoms with Crippen LogP contribution in [0, 0.1) is 5.92 Å². The fourth-order valence-corrected chi connectivity index (χ4v) is 3.56. The van der Waals surface area contributed by atoms with Crippen molar-refractivity contribution in [2.24, 2.45) is 5.92 Å². The fourth-order valence-electron chi connectivity index (χ4n) is 3.56. The number of hydrogen-bond donors (Lipinski definition) is 2. The molecule has 1 saturated heterocycles. The molecular weight excluding hydrogens is 390 g/mol. The first kappa shape index (κ1) is 23.2. The summed E-state index contributed by atoms with van der Waals surface area (Å²) in [6.45, 7) is 1.96. The van der Waals surface area contributed by atoms with E-state index in [0.717, 1.165) is 18.4 Å². The van der Waals surface area contributed by atoms with Crippen LogP contribution in [-0.4, -0.2) is 56.0 Å². The lowest BCUT2D eigenvalue weighted by Crippen LogP contribution is -2.47. The number of imide groups is 1. The summed E-state index contributed by atoms with van der Waals surface area (Å²) in [5.41, 5.74) is 0.723. The summed E-state index contributed by atoms with van der Waals surface area (Å²) in [6, 6.07) is 6.03. The van der Waals surface area contributed by atoms with Crippen molar-refractivity contribution in [2.75, 3.05) is 27.3 Å². The average molecular weight is 419 g/mol. The molecule has 0 aliphatic carbocycles. The number of piperidine rings is 1. The normalized spacial score (nSPS) is 18.5. The number of rotatable bonds is 8. The molecule has 1 fully saturated rings. The molecule has 1 aliphatic heterocycles. The van der Waals surface area contributed by atoms with Crippen LogP contribution in [0.1, 0.15) is 44.2 Å². The third-order valence-electron chi connectivity index (χ3n) is 5.04. The van der Waals surface area contributed by atoms with Crippen molar-refractivity contribution in [2.45, 2.75) is 38.6 Å². The SMILES string of the molecule is CCCCN1C(=O)CC[C@@H](C(=O)OCC(=O)NC(=O)NC)[C@H]1c1ccccc1OC. The molecule has 30 heavy (non-hydrogen) atoms. The Bertz CT molecular complexity index is 782. The summed E-state index contributed by atoms with van der Waals surface area (Å²) >= 11 is 0. The van der Waals surface area contributed by atoms with Gasteiger partial charge in [0.15, 0.2) is 6.61 Å². The molecule has 9 nitrogen and oxygen atoms in total. The van der Waals surface area contributed by atoms with Gasteiger partial charge in [-0.25, -0.2) is 4.79 Å². The van der Waals surface area contributed by atoms with Crippen molar-refractivity contribution >= 4 is 23.8 Å². The Hall–Kier alpha value is -3.10. The first-order chi connectivity index (χ1) is 14.4. The van der Waals surface area contributed by atoms with E-state index in [-0.39, 0.29) is 12.3 Å². The molecule has 0 spiro atoms. The lowest BCUT2D eigenvalue weighted by atomic mass is 9.83. The largest absolute Gasteiger partial charge is 0.496 e. The minimum atomic E-state index is -0.730. The molecule has 1 aromatic carbocycles. The number of methoxy groups -OCH3 is 1. The third kappa shape index (κ3) is 5.71. The maximum absolute atomic E-state index is 12.9. The number of likely N-dealkylation sites (tertiary alicyclic amines) is 1. The number of carbonyl (C=O) groups is 4. The number of esters is 1. The molecule has 0 saturated carbocycles. The topological polar surface area (TPSA) is 114 Å². The van der Waals surface area contributed by atoms with E-state index in [9.17, 15) is 19.2 Å². The molecule has 1 aromatic rings. The van der Waals surface area contributed by atoms with Crippen molar-refractivity contribution in [3.05, 3.63) is 29.8 Å². The van der Waals surface area contributed by atoms with E-state index in [1.807, 2.05) is 30.4 Å². The van der Waals surface area contributed by atoms with Crippen molar-refractivity contribution in [3.63, 3.8) is 0 Å². The Morgan fingerprint density at radius 2 is 1.97 bits per heavy atom. The first-order valence-electron chi connectivity index (χ1n) is 10.0. The summed E-state index contributed by atoms with van der Waals surface area (Å²) in [5.74, 6) is -1.42. The number of unbranched alkanes of at least 4 members (excludes halogenated alkanes) is 1. The summed E-state index contributed by atoms with van der Waals surface area (Å²) in [7, 11) is 2.91. The second-order valence-corrected chi connectivity index (χ2v) is 7.01. The highest BCUT2D eigenvalue weighted by Crippen LogP contribution is 2.41. The molecule has 164 valence electrons. The number of hydrogen-bond acceptors (Lipinski definition) is 6. The van der Waals surface area contributed by atoms with Gasteiger partial charge in [0.1, 0.15) is 5.75 Å². The Kier molecular flexibility index (Phi) is 8.64. The smallest absolute Gasteiger partial charge is 0.321 e. The van der Waals surface area contributed by atoms with Gasteiger partial charge in [0, 0.05) is 25.6 Å². The molecule has 1 heterocycles. The number of nitrogens with zero attached hydrogens (tertiary/aromatic N) is 1. The standard InChI is InChI=1S/C21H29N3O6/c1-4-5-12-24-18(26)11-10-15(19(24)14-8-6-7-9-16(14)29-3)20(27)30-13-17(25)23-21(28)22-2/h6-9,15,19H,4-5,10-13H2,1-3H3,(H2,22,23,25,28)/t15-,19-/m1/s1. The van der Waals surface area contributed by atoms with Crippen LogP contribution < -0.4 is 15.4 Å². The van der Waals surface area contributed by atoms with Crippen LogP contribution in [0.2, 0.25) is 0 Å². The first-order valence-corrected chi connectivity index (χ1v) is 10.0. The van der Waals surface area contributed by atoms with E-state index >= 15 is 0 Å². The van der Waals surface area contributed by atoms with E-state index in [0.29, 0.717) is 18.7 Å². The van der Waals surface area contributed by atoms with Crippen molar-refractivity contribution < 1.29 is 28.7 Å². The Morgan fingerprint density at radius 3 is 2.63 bits per heavy atom. The molecule has 0 radical (unpaired) electrons. The lowest BCUT2D eigenvalue weighted by molar-refractivity contribution is -0.159. The number of carbonyl (C=O) groups excluding carboxylic acids is 4. The predicted octanol–water partition coefficient (Wildman–Crippen LogP) is 1.77. The molecule has 2 atom stereocenters. The van der Waals surface area contributed by atoms with Gasteiger partial charge < -0.3 is 19.7 Å². The van der Waals surface area contributed by atoms with Gasteiger partial charge >= 0.3 is 12.0 Å². The minimum absolute atomic E-state index is 0.0271. The summed E-state index contributed by atoms with van der Waals surface area (Å²) < 4.78 is 10.7. The zero-order valence-electron chi connectivity index (χ0n) is 17.6. The number of benzene rings is 1. The highest BCUT2D eigenvalue weighted by Gasteiger charge is 2.42.